The third kappa shape index (κ3) is 3.63. The van der Waals surface area contributed by atoms with Crippen molar-refractivity contribution in [2.45, 2.75) is 29.5 Å². The number of benzene rings is 2. The van der Waals surface area contributed by atoms with E-state index < -0.39 is 22.7 Å². The molecule has 1 aliphatic heterocycles. The second-order valence-electron chi connectivity index (χ2n) is 6.39. The van der Waals surface area contributed by atoms with Gasteiger partial charge in [-0.05, 0) is 50.2 Å². The number of hydrogen-bond acceptors (Lipinski definition) is 7. The molecule has 3 rings (SSSR count). The van der Waals surface area contributed by atoms with Crippen LogP contribution < -0.4 is 9.64 Å². The number of thioether (sulfide) groups is 1. The first-order valence-electron chi connectivity index (χ1n) is 9.54. The van der Waals surface area contributed by atoms with Crippen molar-refractivity contribution in [1.82, 2.24) is 0 Å². The summed E-state index contributed by atoms with van der Waals surface area (Å²) in [5.41, 5.74) is -1.54. The van der Waals surface area contributed by atoms with Crippen molar-refractivity contribution in [3.8, 4) is 5.75 Å². The molecule has 1 fully saturated rings. The molecule has 2 aromatic rings. The van der Waals surface area contributed by atoms with E-state index in [4.69, 9.17) is 14.2 Å². The quantitative estimate of drug-likeness (QED) is 0.362. The van der Waals surface area contributed by atoms with Gasteiger partial charge in [0.1, 0.15) is 11.0 Å². The number of amides is 1. The number of β-lactam (4-membered cyclic amide) rings is 1. The van der Waals surface area contributed by atoms with Crippen LogP contribution in [0.5, 0.6) is 5.75 Å². The molecule has 0 spiro atoms. The Balaban J connectivity index is 2.10. The topological polar surface area (TPSA) is 82.1 Å². The number of esters is 2. The summed E-state index contributed by atoms with van der Waals surface area (Å²) >= 11 is 1.14. The standard InChI is InChI=1S/C22H23NO6S/c1-4-28-20(25)22(21(26)29-5-2)18(30-17-9-7-6-8-10-17)19(24)23(22)15-11-13-16(27-3)14-12-15/h6-14,18H,4-5H2,1-3H3. The van der Waals surface area contributed by atoms with Gasteiger partial charge in [-0.15, -0.1) is 11.8 Å². The number of rotatable bonds is 8. The van der Waals surface area contributed by atoms with Gasteiger partial charge in [0.25, 0.3) is 5.54 Å². The molecule has 1 unspecified atom stereocenters. The fourth-order valence-corrected chi connectivity index (χ4v) is 4.58. The number of anilines is 1. The summed E-state index contributed by atoms with van der Waals surface area (Å²) in [4.78, 5) is 41.5. The van der Waals surface area contributed by atoms with E-state index in [1.54, 1.807) is 38.1 Å². The summed E-state index contributed by atoms with van der Waals surface area (Å²) in [7, 11) is 1.53. The van der Waals surface area contributed by atoms with Gasteiger partial charge >= 0.3 is 11.9 Å². The number of carbonyl (C=O) groups is 3. The average molecular weight is 429 g/mol. The van der Waals surface area contributed by atoms with Gasteiger partial charge in [-0.25, -0.2) is 9.59 Å². The maximum absolute atomic E-state index is 13.2. The molecule has 0 aromatic heterocycles. The maximum Gasteiger partial charge on any atom is 0.346 e. The van der Waals surface area contributed by atoms with Crippen LogP contribution in [0.25, 0.3) is 0 Å². The summed E-state index contributed by atoms with van der Waals surface area (Å²) in [5.74, 6) is -1.42. The minimum atomic E-state index is -1.92. The molecule has 1 heterocycles. The SMILES string of the molecule is CCOC(=O)C1(C(=O)OCC)C(Sc2ccccc2)C(=O)N1c1ccc(OC)cc1. The molecular formula is C22H23NO6S. The van der Waals surface area contributed by atoms with E-state index in [1.807, 2.05) is 30.3 Å². The predicted octanol–water partition coefficient (Wildman–Crippen LogP) is 3.07. The molecule has 0 aliphatic carbocycles. The van der Waals surface area contributed by atoms with Gasteiger partial charge < -0.3 is 14.2 Å². The fraction of sp³-hybridized carbons (Fsp3) is 0.318. The largest absolute Gasteiger partial charge is 0.497 e. The van der Waals surface area contributed by atoms with Crippen molar-refractivity contribution in [3.63, 3.8) is 0 Å². The lowest BCUT2D eigenvalue weighted by molar-refractivity contribution is -0.170. The molecule has 1 atom stereocenters. The molecule has 1 saturated heterocycles. The molecule has 30 heavy (non-hydrogen) atoms. The Morgan fingerprint density at radius 1 is 0.967 bits per heavy atom. The van der Waals surface area contributed by atoms with Crippen LogP contribution in [0.15, 0.2) is 59.5 Å². The lowest BCUT2D eigenvalue weighted by atomic mass is 9.82. The van der Waals surface area contributed by atoms with Crippen LogP contribution in [0.2, 0.25) is 0 Å². The van der Waals surface area contributed by atoms with Gasteiger partial charge in [0.15, 0.2) is 0 Å². The molecule has 7 nitrogen and oxygen atoms in total. The van der Waals surface area contributed by atoms with Crippen LogP contribution in [0.4, 0.5) is 5.69 Å². The van der Waals surface area contributed by atoms with Crippen molar-refractivity contribution >= 4 is 35.3 Å². The van der Waals surface area contributed by atoms with Crippen molar-refractivity contribution in [2.24, 2.45) is 0 Å². The first-order valence-corrected chi connectivity index (χ1v) is 10.4. The zero-order chi connectivity index (χ0) is 21.7. The Hall–Kier alpha value is -3.00. The maximum atomic E-state index is 13.2. The molecule has 0 bridgehead atoms. The van der Waals surface area contributed by atoms with Crippen molar-refractivity contribution in [2.75, 3.05) is 25.2 Å². The molecule has 1 aliphatic rings. The minimum absolute atomic E-state index is 0.0629. The number of hydrogen-bond donors (Lipinski definition) is 0. The molecule has 8 heteroatoms. The van der Waals surface area contributed by atoms with Gasteiger partial charge in [-0.1, -0.05) is 18.2 Å². The zero-order valence-electron chi connectivity index (χ0n) is 17.0. The second kappa shape index (κ2) is 9.21. The van der Waals surface area contributed by atoms with E-state index in [2.05, 4.69) is 0 Å². The third-order valence-electron chi connectivity index (χ3n) is 4.68. The van der Waals surface area contributed by atoms with Gasteiger partial charge in [-0.2, -0.15) is 0 Å². The molecule has 0 N–H and O–H groups in total. The molecule has 0 radical (unpaired) electrons. The highest BCUT2D eigenvalue weighted by Gasteiger charge is 2.73. The van der Waals surface area contributed by atoms with Crippen LogP contribution in [0.1, 0.15) is 13.8 Å². The second-order valence-corrected chi connectivity index (χ2v) is 7.57. The normalized spacial score (nSPS) is 17.1. The Morgan fingerprint density at radius 2 is 1.53 bits per heavy atom. The van der Waals surface area contributed by atoms with Crippen LogP contribution in [0, 0.1) is 0 Å². The summed E-state index contributed by atoms with van der Waals surface area (Å²) in [6.45, 7) is 3.42. The lowest BCUT2D eigenvalue weighted by Crippen LogP contribution is -2.81. The number of nitrogens with zero attached hydrogens (tertiary/aromatic N) is 1. The predicted molar refractivity (Wildman–Crippen MR) is 113 cm³/mol. The smallest absolute Gasteiger partial charge is 0.346 e. The van der Waals surface area contributed by atoms with Crippen molar-refractivity contribution in [3.05, 3.63) is 54.6 Å². The monoisotopic (exact) mass is 429 g/mol. The summed E-state index contributed by atoms with van der Waals surface area (Å²) < 4.78 is 15.7. The highest BCUT2D eigenvalue weighted by Crippen LogP contribution is 2.48. The molecule has 2 aromatic carbocycles. The average Bonchev–Trinajstić information content (AvgIpc) is 2.76. The number of ether oxygens (including phenoxy) is 3. The summed E-state index contributed by atoms with van der Waals surface area (Å²) in [6, 6.07) is 15.7. The van der Waals surface area contributed by atoms with E-state index in [-0.39, 0.29) is 19.1 Å². The summed E-state index contributed by atoms with van der Waals surface area (Å²) in [6.07, 6.45) is 0. The van der Waals surface area contributed by atoms with E-state index in [0.717, 1.165) is 16.7 Å². The van der Waals surface area contributed by atoms with Gasteiger partial charge in [0.2, 0.25) is 5.91 Å². The van der Waals surface area contributed by atoms with Crippen LogP contribution >= 0.6 is 11.8 Å². The Labute approximate surface area is 179 Å². The third-order valence-corrected chi connectivity index (χ3v) is 6.00. The first-order chi connectivity index (χ1) is 14.5. The molecular weight excluding hydrogens is 406 g/mol. The van der Waals surface area contributed by atoms with E-state index in [9.17, 15) is 14.4 Å². The van der Waals surface area contributed by atoms with Gasteiger partial charge in [-0.3, -0.25) is 9.69 Å². The zero-order valence-corrected chi connectivity index (χ0v) is 17.8. The first kappa shape index (κ1) is 21.7. The fourth-order valence-electron chi connectivity index (χ4n) is 3.32. The Kier molecular flexibility index (Phi) is 6.66. The highest BCUT2D eigenvalue weighted by molar-refractivity contribution is 8.01. The molecule has 1 amide bonds. The summed E-state index contributed by atoms with van der Waals surface area (Å²) in [5, 5.41) is -1.01. The van der Waals surface area contributed by atoms with Crippen LogP contribution in [-0.2, 0) is 23.9 Å². The molecule has 0 saturated carbocycles. The van der Waals surface area contributed by atoms with Gasteiger partial charge in [0.05, 0.1) is 20.3 Å². The van der Waals surface area contributed by atoms with Crippen molar-refractivity contribution < 1.29 is 28.6 Å². The number of carbonyl (C=O) groups excluding carboxylic acids is 3. The lowest BCUT2D eigenvalue weighted by Gasteiger charge is -2.52. The minimum Gasteiger partial charge on any atom is -0.497 e. The van der Waals surface area contributed by atoms with Crippen LogP contribution in [-0.4, -0.2) is 49.0 Å². The Morgan fingerprint density at radius 3 is 2.03 bits per heavy atom. The number of methoxy groups -OCH3 is 1. The van der Waals surface area contributed by atoms with Crippen LogP contribution in [0.3, 0.4) is 0 Å². The van der Waals surface area contributed by atoms with E-state index in [1.165, 1.54) is 12.0 Å². The highest BCUT2D eigenvalue weighted by atomic mass is 32.2. The Bertz CT molecular complexity index is 897. The van der Waals surface area contributed by atoms with E-state index >= 15 is 0 Å². The van der Waals surface area contributed by atoms with E-state index in [0.29, 0.717) is 11.4 Å². The van der Waals surface area contributed by atoms with Gasteiger partial charge in [0, 0.05) is 10.6 Å². The molecule has 158 valence electrons. The van der Waals surface area contributed by atoms with Crippen molar-refractivity contribution in [1.29, 1.82) is 0 Å².